The second-order valence-electron chi connectivity index (χ2n) is 4.68. The van der Waals surface area contributed by atoms with Crippen LogP contribution in [-0.4, -0.2) is 30.6 Å². The summed E-state index contributed by atoms with van der Waals surface area (Å²) in [4.78, 5) is 11.9. The van der Waals surface area contributed by atoms with Gasteiger partial charge in [-0.15, -0.1) is 0 Å². The number of rotatable bonds is 4. The lowest BCUT2D eigenvalue weighted by molar-refractivity contribution is -0.126. The van der Waals surface area contributed by atoms with Gasteiger partial charge in [0.15, 0.2) is 0 Å². The third kappa shape index (κ3) is 3.80. The van der Waals surface area contributed by atoms with Crippen LogP contribution in [0, 0.1) is 0 Å². The van der Waals surface area contributed by atoms with E-state index in [1.54, 1.807) is 0 Å². The standard InChI is InChI=1S/C11H23N3O/c1-3-6-11(2,12)10(15)14-9-5-4-7-13-8-9/h9,13H,3-8,12H2,1-2H3,(H,14,15)/t9-,11?/m1/s1. The highest BCUT2D eigenvalue weighted by molar-refractivity contribution is 5.85. The molecule has 88 valence electrons. The van der Waals surface area contributed by atoms with Crippen molar-refractivity contribution >= 4 is 5.91 Å². The maximum atomic E-state index is 11.9. The van der Waals surface area contributed by atoms with E-state index in [4.69, 9.17) is 5.73 Å². The van der Waals surface area contributed by atoms with Crippen LogP contribution in [0.2, 0.25) is 0 Å². The van der Waals surface area contributed by atoms with Crippen molar-refractivity contribution < 1.29 is 4.79 Å². The highest BCUT2D eigenvalue weighted by Gasteiger charge is 2.29. The van der Waals surface area contributed by atoms with Crippen LogP contribution >= 0.6 is 0 Å². The van der Waals surface area contributed by atoms with Crippen molar-refractivity contribution in [1.82, 2.24) is 10.6 Å². The Morgan fingerprint density at radius 2 is 2.40 bits per heavy atom. The van der Waals surface area contributed by atoms with E-state index in [9.17, 15) is 4.79 Å². The van der Waals surface area contributed by atoms with Crippen LogP contribution in [0.15, 0.2) is 0 Å². The number of piperidine rings is 1. The number of hydrogen-bond donors (Lipinski definition) is 3. The minimum absolute atomic E-state index is 0.0157. The molecule has 0 aliphatic carbocycles. The van der Waals surface area contributed by atoms with E-state index >= 15 is 0 Å². The molecule has 1 aliphatic heterocycles. The van der Waals surface area contributed by atoms with Crippen molar-refractivity contribution in [3.63, 3.8) is 0 Å². The van der Waals surface area contributed by atoms with Crippen LogP contribution in [0.1, 0.15) is 39.5 Å². The lowest BCUT2D eigenvalue weighted by atomic mass is 9.95. The first kappa shape index (κ1) is 12.5. The van der Waals surface area contributed by atoms with Gasteiger partial charge < -0.3 is 16.4 Å². The molecule has 1 amide bonds. The Kier molecular flexibility index (Phi) is 4.54. The zero-order valence-corrected chi connectivity index (χ0v) is 9.81. The molecule has 0 radical (unpaired) electrons. The number of nitrogens with two attached hydrogens (primary N) is 1. The predicted molar refractivity (Wildman–Crippen MR) is 61.5 cm³/mol. The molecule has 4 nitrogen and oxygen atoms in total. The lowest BCUT2D eigenvalue weighted by Crippen LogP contribution is -2.56. The average molecular weight is 213 g/mol. The molecule has 1 rings (SSSR count). The highest BCUT2D eigenvalue weighted by atomic mass is 16.2. The Labute approximate surface area is 92.0 Å². The largest absolute Gasteiger partial charge is 0.351 e. The molecule has 0 bridgehead atoms. The van der Waals surface area contributed by atoms with Crippen LogP contribution in [0.5, 0.6) is 0 Å². The highest BCUT2D eigenvalue weighted by Crippen LogP contribution is 2.10. The van der Waals surface area contributed by atoms with Gasteiger partial charge >= 0.3 is 0 Å². The van der Waals surface area contributed by atoms with E-state index in [0.29, 0.717) is 0 Å². The fraction of sp³-hybridized carbons (Fsp3) is 0.909. The number of amides is 1. The summed E-state index contributed by atoms with van der Waals surface area (Å²) in [6, 6.07) is 0.256. The van der Waals surface area contributed by atoms with Gasteiger partial charge in [0, 0.05) is 12.6 Å². The van der Waals surface area contributed by atoms with E-state index in [1.807, 2.05) is 13.8 Å². The summed E-state index contributed by atoms with van der Waals surface area (Å²) in [5.41, 5.74) is 5.24. The Hall–Kier alpha value is -0.610. The molecule has 15 heavy (non-hydrogen) atoms. The molecule has 1 aliphatic rings. The molecule has 2 atom stereocenters. The first-order valence-corrected chi connectivity index (χ1v) is 5.87. The summed E-state index contributed by atoms with van der Waals surface area (Å²) in [6.07, 6.45) is 3.85. The minimum Gasteiger partial charge on any atom is -0.351 e. The molecule has 0 saturated carbocycles. The Morgan fingerprint density at radius 3 is 2.93 bits per heavy atom. The lowest BCUT2D eigenvalue weighted by Gasteiger charge is -2.29. The first-order chi connectivity index (χ1) is 7.06. The van der Waals surface area contributed by atoms with Crippen LogP contribution < -0.4 is 16.4 Å². The molecule has 4 heteroatoms. The number of carbonyl (C=O) groups is 1. The molecule has 1 unspecified atom stereocenters. The van der Waals surface area contributed by atoms with Gasteiger partial charge in [-0.1, -0.05) is 13.3 Å². The van der Waals surface area contributed by atoms with Crippen LogP contribution in [0.3, 0.4) is 0 Å². The fourth-order valence-electron chi connectivity index (χ4n) is 1.96. The predicted octanol–water partition coefficient (Wildman–Crippen LogP) is 0.372. The smallest absolute Gasteiger partial charge is 0.240 e. The van der Waals surface area contributed by atoms with Gasteiger partial charge in [0.1, 0.15) is 0 Å². The van der Waals surface area contributed by atoms with Gasteiger partial charge in [-0.25, -0.2) is 0 Å². The van der Waals surface area contributed by atoms with Crippen LogP contribution in [-0.2, 0) is 4.79 Å². The third-order valence-corrected chi connectivity index (χ3v) is 2.92. The minimum atomic E-state index is -0.716. The first-order valence-electron chi connectivity index (χ1n) is 5.87. The normalized spacial score (nSPS) is 25.7. The van der Waals surface area contributed by atoms with Crippen molar-refractivity contribution in [3.8, 4) is 0 Å². The summed E-state index contributed by atoms with van der Waals surface area (Å²) in [7, 11) is 0. The third-order valence-electron chi connectivity index (χ3n) is 2.92. The summed E-state index contributed by atoms with van der Waals surface area (Å²) in [6.45, 7) is 5.78. The van der Waals surface area contributed by atoms with E-state index in [-0.39, 0.29) is 11.9 Å². The number of nitrogens with one attached hydrogen (secondary N) is 2. The molecule has 0 aromatic rings. The fourth-order valence-corrected chi connectivity index (χ4v) is 1.96. The summed E-state index contributed by atoms with van der Waals surface area (Å²) < 4.78 is 0. The van der Waals surface area contributed by atoms with E-state index < -0.39 is 5.54 Å². The van der Waals surface area contributed by atoms with Gasteiger partial charge in [0.2, 0.25) is 5.91 Å². The second kappa shape index (κ2) is 5.47. The summed E-state index contributed by atoms with van der Waals surface area (Å²) in [5, 5.41) is 6.29. The maximum absolute atomic E-state index is 11.9. The molecule has 4 N–H and O–H groups in total. The summed E-state index contributed by atoms with van der Waals surface area (Å²) >= 11 is 0. The number of hydrogen-bond acceptors (Lipinski definition) is 3. The summed E-state index contributed by atoms with van der Waals surface area (Å²) in [5.74, 6) is -0.0157. The zero-order chi connectivity index (χ0) is 11.3. The molecular weight excluding hydrogens is 190 g/mol. The van der Waals surface area contributed by atoms with Gasteiger partial charge in [-0.3, -0.25) is 4.79 Å². The molecule has 1 fully saturated rings. The molecule has 0 aromatic carbocycles. The maximum Gasteiger partial charge on any atom is 0.240 e. The van der Waals surface area contributed by atoms with Crippen molar-refractivity contribution in [3.05, 3.63) is 0 Å². The average Bonchev–Trinajstić information content (AvgIpc) is 2.19. The van der Waals surface area contributed by atoms with Gasteiger partial charge in [0.25, 0.3) is 0 Å². The van der Waals surface area contributed by atoms with E-state index in [1.165, 1.54) is 0 Å². The monoisotopic (exact) mass is 213 g/mol. The Balaban J connectivity index is 2.39. The van der Waals surface area contributed by atoms with Gasteiger partial charge in [-0.2, -0.15) is 0 Å². The van der Waals surface area contributed by atoms with Crippen molar-refractivity contribution in [1.29, 1.82) is 0 Å². The van der Waals surface area contributed by atoms with Crippen molar-refractivity contribution in [2.24, 2.45) is 5.73 Å². The van der Waals surface area contributed by atoms with E-state index in [0.717, 1.165) is 38.8 Å². The molecule has 0 aromatic heterocycles. The van der Waals surface area contributed by atoms with Gasteiger partial charge in [0.05, 0.1) is 5.54 Å². The van der Waals surface area contributed by atoms with Crippen LogP contribution in [0.25, 0.3) is 0 Å². The molecule has 0 spiro atoms. The van der Waals surface area contributed by atoms with Gasteiger partial charge in [-0.05, 0) is 32.7 Å². The van der Waals surface area contributed by atoms with Crippen LogP contribution in [0.4, 0.5) is 0 Å². The second-order valence-corrected chi connectivity index (χ2v) is 4.68. The molecule has 1 saturated heterocycles. The quantitative estimate of drug-likeness (QED) is 0.632. The Bertz CT molecular complexity index is 210. The van der Waals surface area contributed by atoms with E-state index in [2.05, 4.69) is 10.6 Å². The van der Waals surface area contributed by atoms with Crippen molar-refractivity contribution in [2.75, 3.05) is 13.1 Å². The molecule has 1 heterocycles. The zero-order valence-electron chi connectivity index (χ0n) is 9.81. The Morgan fingerprint density at radius 1 is 1.67 bits per heavy atom. The van der Waals surface area contributed by atoms with Crippen molar-refractivity contribution in [2.45, 2.75) is 51.1 Å². The SMILES string of the molecule is CCCC(C)(N)C(=O)N[C@@H]1CCCNC1. The molecular formula is C11H23N3O. The topological polar surface area (TPSA) is 67.2 Å². The number of carbonyl (C=O) groups excluding carboxylic acids is 1.